The molecule has 0 amide bonds. The lowest BCUT2D eigenvalue weighted by Gasteiger charge is -2.20. The number of ketones is 1. The van der Waals surface area contributed by atoms with Crippen LogP contribution in [0.25, 0.3) is 0 Å². The monoisotopic (exact) mass is 243 g/mol. The Bertz CT molecular complexity index is 447. The Kier molecular flexibility index (Phi) is 2.89. The molecule has 0 atom stereocenters. The molecular weight excluding hydrogens is 234 g/mol. The minimum atomic E-state index is -0.406. The van der Waals surface area contributed by atoms with E-state index in [0.29, 0.717) is 19.0 Å². The van der Waals surface area contributed by atoms with Gasteiger partial charge in [0.15, 0.2) is 17.3 Å². The number of hydrogen-bond acceptors (Lipinski definition) is 5. The zero-order valence-corrected chi connectivity index (χ0v) is 9.08. The second kappa shape index (κ2) is 4.19. The largest absolute Gasteiger partial charge is 0.505 e. The zero-order chi connectivity index (χ0) is 11.7. The fraction of sp³-hybridized carbons (Fsp3) is 0.300. The summed E-state index contributed by atoms with van der Waals surface area (Å²) in [6.07, 6.45) is 0. The number of phenolic OH excluding ortho intramolecular Hbond substituents is 1. The summed E-state index contributed by atoms with van der Waals surface area (Å²) in [5, 5.41) is 9.69. The van der Waals surface area contributed by atoms with Crippen LogP contribution in [0.2, 0.25) is 5.02 Å². The standard InChI is InChI=1S/C10H10ClNO4/c11-8-9(14)5(6(13)4-12)3-7-10(8)16-2-1-15-7/h3,14H,1-2,4,12H2. The zero-order valence-electron chi connectivity index (χ0n) is 8.33. The molecule has 0 radical (unpaired) electrons. The van der Waals surface area contributed by atoms with Crippen LogP contribution in [0.5, 0.6) is 17.2 Å². The highest BCUT2D eigenvalue weighted by Gasteiger charge is 2.24. The maximum atomic E-state index is 11.4. The van der Waals surface area contributed by atoms with Gasteiger partial charge < -0.3 is 20.3 Å². The predicted octanol–water partition coefficient (Wildman–Crippen LogP) is 0.958. The highest BCUT2D eigenvalue weighted by Crippen LogP contribution is 2.44. The molecule has 5 nitrogen and oxygen atoms in total. The number of benzene rings is 1. The summed E-state index contributed by atoms with van der Waals surface area (Å²) in [4.78, 5) is 11.4. The van der Waals surface area contributed by atoms with Gasteiger partial charge in [-0.05, 0) is 6.07 Å². The van der Waals surface area contributed by atoms with Gasteiger partial charge in [-0.2, -0.15) is 0 Å². The summed E-state index contributed by atoms with van der Waals surface area (Å²) in [5.74, 6) is -0.109. The van der Waals surface area contributed by atoms with Gasteiger partial charge in [0.25, 0.3) is 0 Å². The molecule has 1 aliphatic rings. The molecule has 6 heteroatoms. The van der Waals surface area contributed by atoms with Gasteiger partial charge in [0.05, 0.1) is 12.1 Å². The van der Waals surface area contributed by atoms with E-state index in [1.54, 1.807) is 0 Å². The van der Waals surface area contributed by atoms with Crippen molar-refractivity contribution in [1.82, 2.24) is 0 Å². The Labute approximate surface area is 96.7 Å². The number of ether oxygens (including phenoxy) is 2. The third kappa shape index (κ3) is 1.68. The van der Waals surface area contributed by atoms with Crippen LogP contribution in [0, 0.1) is 0 Å². The first-order chi connectivity index (χ1) is 7.65. The van der Waals surface area contributed by atoms with Crippen LogP contribution >= 0.6 is 11.6 Å². The van der Waals surface area contributed by atoms with Gasteiger partial charge in [0.1, 0.15) is 24.0 Å². The number of aromatic hydroxyl groups is 1. The Morgan fingerprint density at radius 2 is 2.19 bits per heavy atom. The molecule has 0 saturated heterocycles. The molecule has 0 unspecified atom stereocenters. The molecule has 0 fully saturated rings. The fourth-order valence-electron chi connectivity index (χ4n) is 1.46. The molecule has 1 aromatic carbocycles. The lowest BCUT2D eigenvalue weighted by atomic mass is 10.1. The maximum Gasteiger partial charge on any atom is 0.183 e. The van der Waals surface area contributed by atoms with Gasteiger partial charge in [-0.15, -0.1) is 0 Å². The van der Waals surface area contributed by atoms with Gasteiger partial charge in [-0.1, -0.05) is 11.6 Å². The molecule has 0 aliphatic carbocycles. The van der Waals surface area contributed by atoms with Crippen molar-refractivity contribution >= 4 is 17.4 Å². The number of halogens is 1. The minimum absolute atomic E-state index is 0.0194. The quantitative estimate of drug-likeness (QED) is 0.756. The van der Waals surface area contributed by atoms with Crippen LogP contribution in [-0.2, 0) is 0 Å². The van der Waals surface area contributed by atoms with E-state index >= 15 is 0 Å². The summed E-state index contributed by atoms with van der Waals surface area (Å²) < 4.78 is 10.5. The van der Waals surface area contributed by atoms with E-state index in [-0.39, 0.29) is 28.6 Å². The predicted molar refractivity (Wildman–Crippen MR) is 57.5 cm³/mol. The Balaban J connectivity index is 2.57. The molecule has 3 N–H and O–H groups in total. The number of carbonyl (C=O) groups is 1. The number of nitrogens with two attached hydrogens (primary N) is 1. The molecule has 1 aromatic rings. The molecule has 2 rings (SSSR count). The molecule has 0 bridgehead atoms. The van der Waals surface area contributed by atoms with E-state index in [1.807, 2.05) is 0 Å². The topological polar surface area (TPSA) is 81.8 Å². The first kappa shape index (κ1) is 11.0. The van der Waals surface area contributed by atoms with Gasteiger partial charge in [0.2, 0.25) is 0 Å². The van der Waals surface area contributed by atoms with Crippen LogP contribution in [0.1, 0.15) is 10.4 Å². The molecule has 86 valence electrons. The third-order valence-electron chi connectivity index (χ3n) is 2.23. The van der Waals surface area contributed by atoms with Crippen LogP contribution < -0.4 is 15.2 Å². The number of phenols is 1. The van der Waals surface area contributed by atoms with Gasteiger partial charge in [-0.3, -0.25) is 4.79 Å². The van der Waals surface area contributed by atoms with Gasteiger partial charge >= 0.3 is 0 Å². The summed E-state index contributed by atoms with van der Waals surface area (Å²) in [7, 11) is 0. The van der Waals surface area contributed by atoms with Crippen LogP contribution in [0.3, 0.4) is 0 Å². The van der Waals surface area contributed by atoms with Crippen molar-refractivity contribution < 1.29 is 19.4 Å². The number of rotatable bonds is 2. The molecule has 1 heterocycles. The number of Topliss-reactive ketones (excluding diaryl/α,β-unsaturated/α-hetero) is 1. The summed E-state index contributed by atoms with van der Waals surface area (Å²) in [5.41, 5.74) is 5.28. The van der Waals surface area contributed by atoms with Gasteiger partial charge in [0, 0.05) is 0 Å². The molecule has 16 heavy (non-hydrogen) atoms. The van der Waals surface area contributed by atoms with Crippen molar-refractivity contribution in [2.24, 2.45) is 5.73 Å². The first-order valence-corrected chi connectivity index (χ1v) is 5.07. The van der Waals surface area contributed by atoms with Crippen molar-refractivity contribution in [3.05, 3.63) is 16.7 Å². The Hall–Kier alpha value is -1.46. The Morgan fingerprint density at radius 3 is 2.88 bits per heavy atom. The van der Waals surface area contributed by atoms with Crippen LogP contribution in [0.4, 0.5) is 0 Å². The molecule has 0 spiro atoms. The van der Waals surface area contributed by atoms with Crippen LogP contribution in [-0.4, -0.2) is 30.6 Å². The highest BCUT2D eigenvalue weighted by molar-refractivity contribution is 6.34. The van der Waals surface area contributed by atoms with Gasteiger partial charge in [-0.25, -0.2) is 0 Å². The van der Waals surface area contributed by atoms with Crippen molar-refractivity contribution in [3.8, 4) is 17.2 Å². The SMILES string of the molecule is NCC(=O)c1cc2c(c(Cl)c1O)OCCO2. The maximum absolute atomic E-state index is 11.4. The Morgan fingerprint density at radius 1 is 1.50 bits per heavy atom. The fourth-order valence-corrected chi connectivity index (χ4v) is 1.71. The van der Waals surface area contributed by atoms with E-state index in [2.05, 4.69) is 0 Å². The first-order valence-electron chi connectivity index (χ1n) is 4.69. The second-order valence-corrected chi connectivity index (χ2v) is 3.62. The minimum Gasteiger partial charge on any atom is -0.505 e. The molecule has 0 aromatic heterocycles. The number of hydrogen-bond donors (Lipinski definition) is 2. The molecular formula is C10H10ClNO4. The van der Waals surface area contributed by atoms with Crippen molar-refractivity contribution in [2.45, 2.75) is 0 Å². The lowest BCUT2D eigenvalue weighted by molar-refractivity contribution is 0.0997. The smallest absolute Gasteiger partial charge is 0.183 e. The second-order valence-electron chi connectivity index (χ2n) is 3.24. The summed E-state index contributed by atoms with van der Waals surface area (Å²) >= 11 is 5.87. The number of carbonyl (C=O) groups excluding carboxylic acids is 1. The van der Waals surface area contributed by atoms with Crippen molar-refractivity contribution in [2.75, 3.05) is 19.8 Å². The molecule has 1 aliphatic heterocycles. The lowest BCUT2D eigenvalue weighted by Crippen LogP contribution is -2.18. The van der Waals surface area contributed by atoms with Crippen molar-refractivity contribution in [3.63, 3.8) is 0 Å². The third-order valence-corrected chi connectivity index (χ3v) is 2.59. The van der Waals surface area contributed by atoms with E-state index in [1.165, 1.54) is 6.07 Å². The average Bonchev–Trinajstić information content (AvgIpc) is 2.33. The van der Waals surface area contributed by atoms with E-state index in [9.17, 15) is 9.90 Å². The molecule has 0 saturated carbocycles. The highest BCUT2D eigenvalue weighted by atomic mass is 35.5. The van der Waals surface area contributed by atoms with E-state index < -0.39 is 5.78 Å². The normalized spacial score (nSPS) is 13.6. The van der Waals surface area contributed by atoms with E-state index in [4.69, 9.17) is 26.8 Å². The van der Waals surface area contributed by atoms with Crippen molar-refractivity contribution in [1.29, 1.82) is 0 Å². The summed E-state index contributed by atoms with van der Waals surface area (Å²) in [6.45, 7) is 0.532. The van der Waals surface area contributed by atoms with E-state index in [0.717, 1.165) is 0 Å². The number of fused-ring (bicyclic) bond motifs is 1. The summed E-state index contributed by atoms with van der Waals surface area (Å²) in [6, 6.07) is 1.39. The van der Waals surface area contributed by atoms with Crippen LogP contribution in [0.15, 0.2) is 6.07 Å². The average molecular weight is 244 g/mol.